The molecule has 55 heavy (non-hydrogen) atoms. The van der Waals surface area contributed by atoms with Crippen LogP contribution >= 0.6 is 15.6 Å². The number of hydrogen-bond donors (Lipinski definition) is 5. The van der Waals surface area contributed by atoms with Crippen LogP contribution in [0.2, 0.25) is 0 Å². The van der Waals surface area contributed by atoms with Crippen LogP contribution in [0, 0.1) is 5.92 Å². The lowest BCUT2D eigenvalue weighted by molar-refractivity contribution is -0.161. The van der Waals surface area contributed by atoms with Gasteiger partial charge in [0.1, 0.15) is 12.7 Å². The molecule has 0 amide bonds. The van der Waals surface area contributed by atoms with E-state index in [2.05, 4.69) is 66.3 Å². The summed E-state index contributed by atoms with van der Waals surface area (Å²) < 4.78 is 47.4. The molecule has 2 unspecified atom stereocenters. The first-order chi connectivity index (χ1) is 26.1. The first kappa shape index (κ1) is 52.8. The summed E-state index contributed by atoms with van der Waals surface area (Å²) in [5.41, 5.74) is 0. The van der Waals surface area contributed by atoms with Gasteiger partial charge in [-0.05, 0) is 50.9 Å². The number of hydrogen-bond acceptors (Lipinski definition) is 11. The van der Waals surface area contributed by atoms with Crippen LogP contribution in [0.5, 0.6) is 0 Å². The second-order valence-electron chi connectivity index (χ2n) is 13.5. The summed E-state index contributed by atoms with van der Waals surface area (Å²) in [4.78, 5) is 52.5. The van der Waals surface area contributed by atoms with E-state index in [0.29, 0.717) is 25.2 Å². The first-order valence-electron chi connectivity index (χ1n) is 19.4. The van der Waals surface area contributed by atoms with Gasteiger partial charge in [-0.15, -0.1) is 0 Å². The number of unbranched alkanes of at least 4 members (excludes halogenated alkanes) is 6. The molecule has 0 aromatic carbocycles. The number of rotatable bonds is 35. The van der Waals surface area contributed by atoms with Crippen molar-refractivity contribution in [1.82, 2.24) is 0 Å². The molecule has 0 aliphatic heterocycles. The van der Waals surface area contributed by atoms with E-state index in [9.17, 15) is 33.8 Å². The molecule has 0 saturated carbocycles. The highest BCUT2D eigenvalue weighted by Crippen LogP contribution is 2.43. The third-order valence-corrected chi connectivity index (χ3v) is 9.13. The lowest BCUT2D eigenvalue weighted by Gasteiger charge is -2.20. The van der Waals surface area contributed by atoms with Crippen LogP contribution in [0.25, 0.3) is 0 Å². The number of carbonyl (C=O) groups excluding carboxylic acids is 2. The van der Waals surface area contributed by atoms with Gasteiger partial charge in [-0.25, -0.2) is 9.13 Å². The maximum Gasteiger partial charge on any atom is 0.472 e. The van der Waals surface area contributed by atoms with Gasteiger partial charge < -0.3 is 34.4 Å². The van der Waals surface area contributed by atoms with Crippen molar-refractivity contribution in [3.63, 3.8) is 0 Å². The monoisotopic (exact) mass is 822 g/mol. The van der Waals surface area contributed by atoms with Gasteiger partial charge in [0.05, 0.1) is 25.9 Å². The summed E-state index contributed by atoms with van der Waals surface area (Å²) >= 11 is 0. The second kappa shape index (κ2) is 33.9. The molecule has 0 heterocycles. The zero-order valence-electron chi connectivity index (χ0n) is 33.0. The van der Waals surface area contributed by atoms with Gasteiger partial charge in [-0.1, -0.05) is 126 Å². The van der Waals surface area contributed by atoms with Crippen molar-refractivity contribution >= 4 is 27.6 Å². The number of carbonyl (C=O) groups is 2. The molecule has 16 heteroatoms. The van der Waals surface area contributed by atoms with E-state index in [0.717, 1.165) is 51.4 Å². The molecular formula is C39H68O14P2. The number of esters is 2. The molecule has 0 aliphatic rings. The molecule has 0 rings (SSSR count). The molecule has 318 valence electrons. The second-order valence-corrected chi connectivity index (χ2v) is 16.2. The highest BCUT2D eigenvalue weighted by Gasteiger charge is 2.28. The third kappa shape index (κ3) is 38.4. The van der Waals surface area contributed by atoms with E-state index >= 15 is 0 Å². The maximum absolute atomic E-state index is 12.6. The fourth-order valence-electron chi connectivity index (χ4n) is 4.74. The van der Waals surface area contributed by atoms with Crippen molar-refractivity contribution < 1.29 is 66.7 Å². The van der Waals surface area contributed by atoms with E-state index in [1.807, 2.05) is 12.2 Å². The molecule has 14 nitrogen and oxygen atoms in total. The summed E-state index contributed by atoms with van der Waals surface area (Å²) in [6.45, 7) is 3.61. The van der Waals surface area contributed by atoms with E-state index in [-0.39, 0.29) is 12.8 Å². The lowest BCUT2D eigenvalue weighted by Crippen LogP contribution is -2.30. The third-order valence-electron chi connectivity index (χ3n) is 7.69. The molecule has 5 N–H and O–H groups in total. The van der Waals surface area contributed by atoms with Gasteiger partial charge in [0.25, 0.3) is 0 Å². The largest absolute Gasteiger partial charge is 0.472 e. The molecule has 0 bridgehead atoms. The predicted octanol–water partition coefficient (Wildman–Crippen LogP) is 8.10. The topological polar surface area (TPSA) is 216 Å². The number of ether oxygens (including phenoxy) is 2. The Morgan fingerprint density at radius 2 is 1.16 bits per heavy atom. The smallest absolute Gasteiger partial charge is 0.462 e. The molecule has 0 spiro atoms. The van der Waals surface area contributed by atoms with Crippen LogP contribution in [0.1, 0.15) is 124 Å². The molecule has 4 atom stereocenters. The Morgan fingerprint density at radius 3 is 1.78 bits per heavy atom. The van der Waals surface area contributed by atoms with Crippen LogP contribution in [-0.4, -0.2) is 81.6 Å². The molecule has 0 aromatic heterocycles. The summed E-state index contributed by atoms with van der Waals surface area (Å²) in [7, 11) is -9.73. The molecule has 0 radical (unpaired) electrons. The fourth-order valence-corrected chi connectivity index (χ4v) is 5.89. The van der Waals surface area contributed by atoms with E-state index in [1.54, 1.807) is 12.2 Å². The number of aliphatic hydroxyl groups excluding tert-OH is 2. The highest BCUT2D eigenvalue weighted by molar-refractivity contribution is 7.47. The van der Waals surface area contributed by atoms with Crippen molar-refractivity contribution in [3.05, 3.63) is 60.8 Å². The van der Waals surface area contributed by atoms with Gasteiger partial charge in [0.15, 0.2) is 6.10 Å². The van der Waals surface area contributed by atoms with Gasteiger partial charge in [-0.2, -0.15) is 0 Å². The average Bonchev–Trinajstić information content (AvgIpc) is 3.11. The zero-order valence-corrected chi connectivity index (χ0v) is 34.8. The quantitative estimate of drug-likeness (QED) is 0.0134. The van der Waals surface area contributed by atoms with Crippen molar-refractivity contribution in [3.8, 4) is 0 Å². The van der Waals surface area contributed by atoms with Crippen molar-refractivity contribution in [2.75, 3.05) is 26.4 Å². The Morgan fingerprint density at radius 1 is 0.618 bits per heavy atom. The Kier molecular flexibility index (Phi) is 32.5. The van der Waals surface area contributed by atoms with E-state index in [1.165, 1.54) is 19.3 Å². The minimum atomic E-state index is -4.88. The Bertz CT molecular complexity index is 1240. The van der Waals surface area contributed by atoms with Crippen molar-refractivity contribution in [2.45, 2.75) is 142 Å². The van der Waals surface area contributed by atoms with Crippen LogP contribution in [0.3, 0.4) is 0 Å². The van der Waals surface area contributed by atoms with Crippen LogP contribution in [-0.2, 0) is 41.8 Å². The summed E-state index contributed by atoms with van der Waals surface area (Å²) in [6, 6.07) is 0. The Labute approximate surface area is 328 Å². The van der Waals surface area contributed by atoms with E-state index in [4.69, 9.17) is 23.8 Å². The first-order valence-corrected chi connectivity index (χ1v) is 22.5. The number of phosphoric acid groups is 2. The lowest BCUT2D eigenvalue weighted by atomic mass is 10.0. The van der Waals surface area contributed by atoms with Crippen LogP contribution in [0.15, 0.2) is 60.8 Å². The molecule has 0 fully saturated rings. The minimum absolute atomic E-state index is 0.0377. The van der Waals surface area contributed by atoms with Gasteiger partial charge in [-0.3, -0.25) is 23.2 Å². The summed E-state index contributed by atoms with van der Waals surface area (Å²) in [5.74, 6) is -0.546. The van der Waals surface area contributed by atoms with Gasteiger partial charge >= 0.3 is 27.6 Å². The van der Waals surface area contributed by atoms with Gasteiger partial charge in [0, 0.05) is 12.8 Å². The predicted molar refractivity (Wildman–Crippen MR) is 213 cm³/mol. The van der Waals surface area contributed by atoms with E-state index < -0.39 is 72.3 Å². The van der Waals surface area contributed by atoms with Crippen LogP contribution in [0.4, 0.5) is 0 Å². The Balaban J connectivity index is 4.76. The normalized spacial score (nSPS) is 15.5. The summed E-state index contributed by atoms with van der Waals surface area (Å²) in [5, 5.41) is 19.9. The fraction of sp³-hybridized carbons (Fsp3) is 0.692. The van der Waals surface area contributed by atoms with Gasteiger partial charge in [0.2, 0.25) is 0 Å². The number of phosphoric ester groups is 2. The molecule has 0 aromatic rings. The SMILES string of the molecule is CC/C=C\C/C=C\C/C=C\C/C=C\C=C\C(O)CCCC(=O)OC[C@H](COP(=O)(O)OC[C@@H](O)COP(=O)(O)O)OC(=O)CCCCCCCCCC(C)C. The standard InChI is InChI=1S/C39H68O14P2/c1-4-5-6-7-8-9-10-11-12-13-16-19-22-26-35(40)27-24-29-38(42)49-32-37(33-52-55(47,48)51-31-36(41)30-50-54(44,45)46)53-39(43)28-23-20-17-14-15-18-21-25-34(2)3/h5-6,8-9,11-12,16,19,22,26,34-37,40-41H,4,7,10,13-15,17-18,20-21,23-25,27-33H2,1-3H3,(H,47,48)(H2,44,45,46)/b6-5-,9-8-,12-11-,19-16-,26-22+/t35?,36-,37+/m0/s1. The van der Waals surface area contributed by atoms with Crippen molar-refractivity contribution in [1.29, 1.82) is 0 Å². The zero-order chi connectivity index (χ0) is 41.2. The van der Waals surface area contributed by atoms with Crippen molar-refractivity contribution in [2.24, 2.45) is 5.92 Å². The molecule has 0 saturated heterocycles. The highest BCUT2D eigenvalue weighted by atomic mass is 31.2. The van der Waals surface area contributed by atoms with Crippen LogP contribution < -0.4 is 0 Å². The maximum atomic E-state index is 12.6. The average molecular weight is 823 g/mol. The molecule has 0 aliphatic carbocycles. The number of aliphatic hydroxyl groups is 2. The number of allylic oxidation sites excluding steroid dienone is 9. The summed E-state index contributed by atoms with van der Waals surface area (Å²) in [6.07, 6.45) is 28.6. The minimum Gasteiger partial charge on any atom is -0.462 e. The molecular weight excluding hydrogens is 754 g/mol. The Hall–Kier alpha value is -2.22.